The molecule has 2 rings (SSSR count). The summed E-state index contributed by atoms with van der Waals surface area (Å²) in [6.45, 7) is 2.88. The van der Waals surface area contributed by atoms with Crippen LogP contribution in [0.2, 0.25) is 0 Å². The third kappa shape index (κ3) is 3.68. The summed E-state index contributed by atoms with van der Waals surface area (Å²) in [5.41, 5.74) is 5.37. The molecule has 116 valence electrons. The van der Waals surface area contributed by atoms with Gasteiger partial charge in [-0.1, -0.05) is 6.92 Å². The van der Waals surface area contributed by atoms with Crippen LogP contribution in [0.3, 0.4) is 0 Å². The van der Waals surface area contributed by atoms with Crippen LogP contribution in [0, 0.1) is 21.8 Å². The van der Waals surface area contributed by atoms with Gasteiger partial charge in [-0.05, 0) is 18.4 Å². The average molecular weight is 318 g/mol. The summed E-state index contributed by atoms with van der Waals surface area (Å²) in [6, 6.07) is 3.11. The Labute approximate surface area is 127 Å². The van der Waals surface area contributed by atoms with Crippen LogP contribution in [0.5, 0.6) is 0 Å². The number of carbonyl (C=O) groups is 1. The second-order valence-electron chi connectivity index (χ2n) is 5.10. The molecule has 6 nitrogen and oxygen atoms in total. The Balaban J connectivity index is 0.00000220. The Kier molecular flexibility index (Phi) is 5.62. The molecule has 2 atom stereocenters. The van der Waals surface area contributed by atoms with Gasteiger partial charge in [0.2, 0.25) is 0 Å². The molecule has 1 fully saturated rings. The average Bonchev–Trinajstić information content (AvgIpc) is 2.41. The van der Waals surface area contributed by atoms with Crippen molar-refractivity contribution >= 4 is 24.0 Å². The highest BCUT2D eigenvalue weighted by Gasteiger charge is 2.28. The van der Waals surface area contributed by atoms with Crippen molar-refractivity contribution < 1.29 is 14.1 Å². The van der Waals surface area contributed by atoms with E-state index in [1.165, 1.54) is 4.90 Å². The van der Waals surface area contributed by atoms with E-state index in [-0.39, 0.29) is 35.6 Å². The van der Waals surface area contributed by atoms with Crippen LogP contribution in [0.1, 0.15) is 23.7 Å². The lowest BCUT2D eigenvalue weighted by Gasteiger charge is -2.35. The van der Waals surface area contributed by atoms with Gasteiger partial charge in [-0.3, -0.25) is 14.9 Å². The van der Waals surface area contributed by atoms with Gasteiger partial charge in [-0.2, -0.15) is 0 Å². The number of amides is 1. The van der Waals surface area contributed by atoms with Gasteiger partial charge in [0.25, 0.3) is 11.6 Å². The van der Waals surface area contributed by atoms with Crippen molar-refractivity contribution in [2.75, 3.05) is 13.1 Å². The molecule has 2 unspecified atom stereocenters. The molecule has 1 heterocycles. The molecule has 1 amide bonds. The van der Waals surface area contributed by atoms with Gasteiger partial charge in [0.15, 0.2) is 0 Å². The fourth-order valence-corrected chi connectivity index (χ4v) is 2.31. The van der Waals surface area contributed by atoms with E-state index in [1.807, 2.05) is 6.92 Å². The smallest absolute Gasteiger partial charge is 0.272 e. The fraction of sp³-hybridized carbons (Fsp3) is 0.462. The zero-order chi connectivity index (χ0) is 14.9. The molecule has 0 saturated carbocycles. The van der Waals surface area contributed by atoms with Crippen LogP contribution >= 0.6 is 12.4 Å². The zero-order valence-electron chi connectivity index (χ0n) is 11.5. The van der Waals surface area contributed by atoms with E-state index < -0.39 is 16.6 Å². The number of nitrogens with two attached hydrogens (primary N) is 1. The topological polar surface area (TPSA) is 89.5 Å². The van der Waals surface area contributed by atoms with Crippen LogP contribution in [-0.2, 0) is 0 Å². The predicted molar refractivity (Wildman–Crippen MR) is 78.0 cm³/mol. The molecular formula is C13H17ClFN3O3. The van der Waals surface area contributed by atoms with Crippen LogP contribution in [0.25, 0.3) is 0 Å². The van der Waals surface area contributed by atoms with Gasteiger partial charge in [0, 0.05) is 25.2 Å². The van der Waals surface area contributed by atoms with Crippen molar-refractivity contribution in [1.82, 2.24) is 4.90 Å². The molecular weight excluding hydrogens is 301 g/mol. The normalized spacial score (nSPS) is 21.6. The molecule has 8 heteroatoms. The Morgan fingerprint density at radius 2 is 2.19 bits per heavy atom. The lowest BCUT2D eigenvalue weighted by Crippen LogP contribution is -2.48. The molecule has 1 aromatic rings. The van der Waals surface area contributed by atoms with E-state index in [2.05, 4.69) is 0 Å². The van der Waals surface area contributed by atoms with Crippen molar-refractivity contribution in [1.29, 1.82) is 0 Å². The maximum absolute atomic E-state index is 13.8. The highest BCUT2D eigenvalue weighted by molar-refractivity contribution is 5.94. The number of piperidine rings is 1. The standard InChI is InChI=1S/C13H16FN3O3.ClH/c1-8-7-16(5-4-12(8)15)13(18)10-3-2-9(17(19)20)6-11(10)14;/h2-3,6,8,12H,4-5,7,15H2,1H3;1H. The highest BCUT2D eigenvalue weighted by Crippen LogP contribution is 2.21. The SMILES string of the molecule is CC1CN(C(=O)c2ccc([N+](=O)[O-])cc2F)CCC1N.Cl. The molecule has 21 heavy (non-hydrogen) atoms. The maximum Gasteiger partial charge on any atom is 0.272 e. The van der Waals surface area contributed by atoms with E-state index in [1.54, 1.807) is 0 Å². The predicted octanol–water partition coefficient (Wildman–Crippen LogP) is 1.96. The molecule has 0 aliphatic carbocycles. The largest absolute Gasteiger partial charge is 0.338 e. The molecule has 1 saturated heterocycles. The van der Waals surface area contributed by atoms with Gasteiger partial charge in [-0.15, -0.1) is 12.4 Å². The van der Waals surface area contributed by atoms with E-state index in [4.69, 9.17) is 5.73 Å². The number of rotatable bonds is 2. The van der Waals surface area contributed by atoms with Crippen molar-refractivity contribution in [3.8, 4) is 0 Å². The van der Waals surface area contributed by atoms with Crippen LogP contribution in [0.4, 0.5) is 10.1 Å². The van der Waals surface area contributed by atoms with Crippen molar-refractivity contribution in [2.45, 2.75) is 19.4 Å². The molecule has 1 aromatic carbocycles. The molecule has 2 N–H and O–H groups in total. The second kappa shape index (κ2) is 6.82. The number of halogens is 2. The second-order valence-corrected chi connectivity index (χ2v) is 5.10. The Bertz CT molecular complexity index is 555. The summed E-state index contributed by atoms with van der Waals surface area (Å²) >= 11 is 0. The molecule has 0 aromatic heterocycles. The number of nitro benzene ring substituents is 1. The lowest BCUT2D eigenvalue weighted by molar-refractivity contribution is -0.385. The molecule has 0 spiro atoms. The fourth-order valence-electron chi connectivity index (χ4n) is 2.31. The molecule has 1 aliphatic heterocycles. The summed E-state index contributed by atoms with van der Waals surface area (Å²) in [5, 5.41) is 10.5. The Morgan fingerprint density at radius 3 is 2.71 bits per heavy atom. The molecule has 1 aliphatic rings. The van der Waals surface area contributed by atoms with Gasteiger partial charge in [0.1, 0.15) is 5.82 Å². The zero-order valence-corrected chi connectivity index (χ0v) is 12.3. The minimum Gasteiger partial charge on any atom is -0.338 e. The quantitative estimate of drug-likeness (QED) is 0.667. The van der Waals surface area contributed by atoms with E-state index in [0.717, 1.165) is 18.2 Å². The van der Waals surface area contributed by atoms with E-state index in [9.17, 15) is 19.3 Å². The number of benzene rings is 1. The monoisotopic (exact) mass is 317 g/mol. The van der Waals surface area contributed by atoms with E-state index >= 15 is 0 Å². The Morgan fingerprint density at radius 1 is 1.52 bits per heavy atom. The number of likely N-dealkylation sites (tertiary alicyclic amines) is 1. The number of non-ortho nitro benzene ring substituents is 1. The first kappa shape index (κ1) is 17.3. The van der Waals surface area contributed by atoms with Crippen molar-refractivity contribution in [3.63, 3.8) is 0 Å². The maximum atomic E-state index is 13.8. The molecule has 0 bridgehead atoms. The summed E-state index contributed by atoms with van der Waals surface area (Å²) in [5.74, 6) is -1.17. The van der Waals surface area contributed by atoms with Crippen molar-refractivity contribution in [3.05, 3.63) is 39.7 Å². The summed E-state index contributed by atoms with van der Waals surface area (Å²) in [6.07, 6.45) is 0.668. The third-order valence-corrected chi connectivity index (χ3v) is 3.65. The summed E-state index contributed by atoms with van der Waals surface area (Å²) in [7, 11) is 0. The highest BCUT2D eigenvalue weighted by atomic mass is 35.5. The molecule has 0 radical (unpaired) electrons. The van der Waals surface area contributed by atoms with Gasteiger partial charge in [-0.25, -0.2) is 4.39 Å². The first-order valence-electron chi connectivity index (χ1n) is 6.39. The van der Waals surface area contributed by atoms with Crippen LogP contribution < -0.4 is 5.73 Å². The minimum atomic E-state index is -0.869. The third-order valence-electron chi connectivity index (χ3n) is 3.65. The summed E-state index contributed by atoms with van der Waals surface area (Å²) < 4.78 is 13.8. The number of nitro groups is 1. The van der Waals surface area contributed by atoms with Crippen molar-refractivity contribution in [2.24, 2.45) is 11.7 Å². The van der Waals surface area contributed by atoms with E-state index in [0.29, 0.717) is 19.5 Å². The van der Waals surface area contributed by atoms with Gasteiger partial charge in [0.05, 0.1) is 16.6 Å². The first-order valence-corrected chi connectivity index (χ1v) is 6.39. The summed E-state index contributed by atoms with van der Waals surface area (Å²) in [4.78, 5) is 23.6. The number of nitrogens with zero attached hydrogens (tertiary/aromatic N) is 2. The first-order chi connectivity index (χ1) is 9.40. The number of hydrogen-bond acceptors (Lipinski definition) is 4. The Hall–Kier alpha value is -1.73. The van der Waals surface area contributed by atoms with Gasteiger partial charge >= 0.3 is 0 Å². The number of carbonyl (C=O) groups excluding carboxylic acids is 1. The van der Waals surface area contributed by atoms with Gasteiger partial charge < -0.3 is 10.6 Å². The lowest BCUT2D eigenvalue weighted by atomic mass is 9.94. The van der Waals surface area contributed by atoms with Crippen LogP contribution in [0.15, 0.2) is 18.2 Å². The minimum absolute atomic E-state index is 0. The van der Waals surface area contributed by atoms with Crippen LogP contribution in [-0.4, -0.2) is 34.9 Å². The number of hydrogen-bond donors (Lipinski definition) is 1.